The van der Waals surface area contributed by atoms with Crippen molar-refractivity contribution >= 4 is 5.97 Å². The molecule has 1 aromatic rings. The number of carbonyl (C=O) groups is 1. The van der Waals surface area contributed by atoms with E-state index in [1.807, 2.05) is 6.07 Å². The van der Waals surface area contributed by atoms with Crippen molar-refractivity contribution in [3.05, 3.63) is 35.4 Å². The van der Waals surface area contributed by atoms with Gasteiger partial charge in [0, 0.05) is 6.04 Å². The van der Waals surface area contributed by atoms with Crippen LogP contribution in [0.25, 0.3) is 0 Å². The minimum absolute atomic E-state index is 0.177. The van der Waals surface area contributed by atoms with E-state index in [0.29, 0.717) is 6.04 Å². The third kappa shape index (κ3) is 3.07. The maximum atomic E-state index is 10.8. The Balaban J connectivity index is 2.03. The van der Waals surface area contributed by atoms with E-state index >= 15 is 0 Å². The lowest BCUT2D eigenvalue weighted by Gasteiger charge is -2.23. The van der Waals surface area contributed by atoms with Crippen LogP contribution in [-0.4, -0.2) is 35.1 Å². The highest BCUT2D eigenvalue weighted by atomic mass is 16.4. The molecule has 1 aliphatic heterocycles. The van der Waals surface area contributed by atoms with Crippen molar-refractivity contribution in [2.45, 2.75) is 32.2 Å². The topological polar surface area (TPSA) is 40.5 Å². The third-order valence-electron chi connectivity index (χ3n) is 3.55. The predicted octanol–water partition coefficient (Wildman–Crippen LogP) is 2.09. The number of hydrogen-bond acceptors (Lipinski definition) is 2. The zero-order valence-electron chi connectivity index (χ0n) is 10.2. The number of carboxylic acid groups (broad SMARTS) is 1. The van der Waals surface area contributed by atoms with Crippen molar-refractivity contribution in [2.24, 2.45) is 0 Å². The van der Waals surface area contributed by atoms with Crippen LogP contribution in [-0.2, 0) is 11.2 Å². The third-order valence-corrected chi connectivity index (χ3v) is 3.55. The van der Waals surface area contributed by atoms with Crippen LogP contribution in [0.2, 0.25) is 0 Å². The monoisotopic (exact) mass is 233 g/mol. The molecule has 1 N–H and O–H groups in total. The van der Waals surface area contributed by atoms with Gasteiger partial charge in [-0.3, -0.25) is 9.69 Å². The van der Waals surface area contributed by atoms with Gasteiger partial charge in [0.2, 0.25) is 0 Å². The number of likely N-dealkylation sites (tertiary alicyclic amines) is 1. The van der Waals surface area contributed by atoms with Crippen LogP contribution in [0.3, 0.4) is 0 Å². The van der Waals surface area contributed by atoms with E-state index in [-0.39, 0.29) is 6.54 Å². The summed E-state index contributed by atoms with van der Waals surface area (Å²) in [4.78, 5) is 12.9. The van der Waals surface area contributed by atoms with E-state index in [1.54, 1.807) is 0 Å². The first-order valence-electron chi connectivity index (χ1n) is 6.17. The van der Waals surface area contributed by atoms with Crippen LogP contribution in [0.4, 0.5) is 0 Å². The first kappa shape index (κ1) is 12.1. The molecule has 0 amide bonds. The predicted molar refractivity (Wildman–Crippen MR) is 67.1 cm³/mol. The lowest BCUT2D eigenvalue weighted by Crippen LogP contribution is -2.35. The molecular formula is C14H19NO2. The van der Waals surface area contributed by atoms with E-state index in [0.717, 1.165) is 25.8 Å². The van der Waals surface area contributed by atoms with Crippen molar-refractivity contribution in [3.8, 4) is 0 Å². The van der Waals surface area contributed by atoms with Gasteiger partial charge in [0.25, 0.3) is 0 Å². The van der Waals surface area contributed by atoms with Gasteiger partial charge in [-0.2, -0.15) is 0 Å². The number of benzene rings is 1. The molecule has 0 bridgehead atoms. The van der Waals surface area contributed by atoms with Gasteiger partial charge in [-0.1, -0.05) is 24.3 Å². The van der Waals surface area contributed by atoms with Crippen LogP contribution >= 0.6 is 0 Å². The zero-order valence-corrected chi connectivity index (χ0v) is 10.2. The minimum atomic E-state index is -0.721. The van der Waals surface area contributed by atoms with Crippen LogP contribution in [0.5, 0.6) is 0 Å². The van der Waals surface area contributed by atoms with Crippen molar-refractivity contribution in [2.75, 3.05) is 13.1 Å². The fourth-order valence-electron chi connectivity index (χ4n) is 2.60. The average Bonchev–Trinajstić information content (AvgIpc) is 2.68. The number of nitrogens with zero attached hydrogens (tertiary/aromatic N) is 1. The van der Waals surface area contributed by atoms with Gasteiger partial charge in [-0.15, -0.1) is 0 Å². The molecule has 3 nitrogen and oxygen atoms in total. The SMILES string of the molecule is Cc1ccccc1CC1CCCN1CC(=O)O. The Morgan fingerprint density at radius 3 is 2.94 bits per heavy atom. The molecular weight excluding hydrogens is 214 g/mol. The van der Waals surface area contributed by atoms with E-state index in [1.165, 1.54) is 11.1 Å². The molecule has 1 heterocycles. The molecule has 2 rings (SSSR count). The standard InChI is InChI=1S/C14H19NO2/c1-11-5-2-3-6-12(11)9-13-7-4-8-15(13)10-14(16)17/h2-3,5-6,13H,4,7-10H2,1H3,(H,16,17). The Bertz CT molecular complexity index is 403. The summed E-state index contributed by atoms with van der Waals surface area (Å²) in [6.45, 7) is 3.21. The lowest BCUT2D eigenvalue weighted by molar-refractivity contribution is -0.138. The fraction of sp³-hybridized carbons (Fsp3) is 0.500. The summed E-state index contributed by atoms with van der Waals surface area (Å²) in [6, 6.07) is 8.76. The van der Waals surface area contributed by atoms with Crippen LogP contribution in [0.1, 0.15) is 24.0 Å². The Morgan fingerprint density at radius 2 is 2.24 bits per heavy atom. The molecule has 1 fully saturated rings. The summed E-state index contributed by atoms with van der Waals surface area (Å²) in [5.41, 5.74) is 2.64. The molecule has 1 saturated heterocycles. The summed E-state index contributed by atoms with van der Waals surface area (Å²) < 4.78 is 0. The van der Waals surface area contributed by atoms with Gasteiger partial charge in [0.05, 0.1) is 6.54 Å². The number of rotatable bonds is 4. The zero-order chi connectivity index (χ0) is 12.3. The normalized spacial score (nSPS) is 20.6. The molecule has 1 unspecified atom stereocenters. The lowest BCUT2D eigenvalue weighted by atomic mass is 10.00. The number of aryl methyl sites for hydroxylation is 1. The molecule has 0 saturated carbocycles. The molecule has 3 heteroatoms. The summed E-state index contributed by atoms with van der Waals surface area (Å²) in [6.07, 6.45) is 3.20. The highest BCUT2D eigenvalue weighted by molar-refractivity contribution is 5.69. The molecule has 1 atom stereocenters. The summed E-state index contributed by atoms with van der Waals surface area (Å²) in [7, 11) is 0. The van der Waals surface area contributed by atoms with E-state index < -0.39 is 5.97 Å². The van der Waals surface area contributed by atoms with E-state index in [4.69, 9.17) is 5.11 Å². The second-order valence-electron chi connectivity index (χ2n) is 4.79. The van der Waals surface area contributed by atoms with Crippen molar-refractivity contribution in [3.63, 3.8) is 0 Å². The van der Waals surface area contributed by atoms with Crippen LogP contribution in [0.15, 0.2) is 24.3 Å². The van der Waals surface area contributed by atoms with Gasteiger partial charge in [-0.05, 0) is 43.9 Å². The Morgan fingerprint density at radius 1 is 1.47 bits per heavy atom. The van der Waals surface area contributed by atoms with Gasteiger partial charge >= 0.3 is 5.97 Å². The van der Waals surface area contributed by atoms with Crippen LogP contribution < -0.4 is 0 Å². The summed E-state index contributed by atoms with van der Waals surface area (Å²) in [5.74, 6) is -0.721. The number of aliphatic carboxylic acids is 1. The van der Waals surface area contributed by atoms with Gasteiger partial charge < -0.3 is 5.11 Å². The smallest absolute Gasteiger partial charge is 0.317 e. The highest BCUT2D eigenvalue weighted by Gasteiger charge is 2.26. The van der Waals surface area contributed by atoms with Crippen molar-refractivity contribution in [1.29, 1.82) is 0 Å². The quantitative estimate of drug-likeness (QED) is 0.865. The number of carboxylic acids is 1. The van der Waals surface area contributed by atoms with Crippen molar-refractivity contribution in [1.82, 2.24) is 4.90 Å². The molecule has 0 radical (unpaired) electrons. The van der Waals surface area contributed by atoms with Gasteiger partial charge in [0.15, 0.2) is 0 Å². The average molecular weight is 233 g/mol. The number of hydrogen-bond donors (Lipinski definition) is 1. The summed E-state index contributed by atoms with van der Waals surface area (Å²) >= 11 is 0. The van der Waals surface area contributed by atoms with Crippen molar-refractivity contribution < 1.29 is 9.90 Å². The molecule has 92 valence electrons. The largest absolute Gasteiger partial charge is 0.480 e. The fourth-order valence-corrected chi connectivity index (χ4v) is 2.60. The molecule has 0 aromatic heterocycles. The maximum absolute atomic E-state index is 10.8. The van der Waals surface area contributed by atoms with Crippen LogP contribution in [0, 0.1) is 6.92 Å². The minimum Gasteiger partial charge on any atom is -0.480 e. The second-order valence-corrected chi connectivity index (χ2v) is 4.79. The Hall–Kier alpha value is -1.35. The molecule has 17 heavy (non-hydrogen) atoms. The Labute approximate surface area is 102 Å². The van der Waals surface area contributed by atoms with E-state index in [9.17, 15) is 4.79 Å². The first-order valence-corrected chi connectivity index (χ1v) is 6.17. The first-order chi connectivity index (χ1) is 8.16. The second kappa shape index (κ2) is 5.32. The van der Waals surface area contributed by atoms with E-state index in [2.05, 4.69) is 30.0 Å². The van der Waals surface area contributed by atoms with Gasteiger partial charge in [0.1, 0.15) is 0 Å². The molecule has 0 spiro atoms. The highest BCUT2D eigenvalue weighted by Crippen LogP contribution is 2.22. The molecule has 1 aliphatic rings. The summed E-state index contributed by atoms with van der Waals surface area (Å²) in [5, 5.41) is 8.87. The maximum Gasteiger partial charge on any atom is 0.317 e. The molecule has 1 aromatic carbocycles. The molecule has 0 aliphatic carbocycles. The Kier molecular flexibility index (Phi) is 3.79. The van der Waals surface area contributed by atoms with Gasteiger partial charge in [-0.25, -0.2) is 0 Å².